The van der Waals surface area contributed by atoms with Gasteiger partial charge in [-0.2, -0.15) is 0 Å². The van der Waals surface area contributed by atoms with Crippen LogP contribution < -0.4 is 9.80 Å². The van der Waals surface area contributed by atoms with E-state index in [-0.39, 0.29) is 11.8 Å². The molecule has 0 saturated heterocycles. The summed E-state index contributed by atoms with van der Waals surface area (Å²) in [5.41, 5.74) is 11.4. The normalized spacial score (nSPS) is 15.1. The Hall–Kier alpha value is -7.77. The van der Waals surface area contributed by atoms with E-state index in [0.717, 1.165) is 101 Å². The molecule has 1 unspecified atom stereocenters. The lowest BCUT2D eigenvalue weighted by Gasteiger charge is -2.31. The highest BCUT2D eigenvalue weighted by Gasteiger charge is 2.31. The molecule has 0 amide bonds. The van der Waals surface area contributed by atoms with Crippen molar-refractivity contribution in [3.63, 3.8) is 0 Å². The first-order chi connectivity index (χ1) is 29.5. The van der Waals surface area contributed by atoms with Crippen LogP contribution in [-0.4, -0.2) is 26.3 Å². The van der Waals surface area contributed by atoms with E-state index in [4.69, 9.17) is 0 Å². The number of anilines is 2. The molecule has 3 N–H and O–H groups in total. The molecule has 6 aromatic carbocycles. The van der Waals surface area contributed by atoms with E-state index in [2.05, 4.69) is 119 Å². The van der Waals surface area contributed by atoms with Crippen LogP contribution in [0.5, 0.6) is 0 Å². The zero-order valence-electron chi connectivity index (χ0n) is 32.9. The maximum atomic E-state index is 9.80. The molecular weight excluding hydrogens is 735 g/mol. The number of rotatable bonds is 7. The fourth-order valence-corrected chi connectivity index (χ4v) is 9.52. The highest BCUT2D eigenvalue weighted by Crippen LogP contribution is 2.47. The lowest BCUT2D eigenvalue weighted by atomic mass is 9.97. The maximum absolute atomic E-state index is 9.80. The van der Waals surface area contributed by atoms with Gasteiger partial charge in [0.2, 0.25) is 0 Å². The minimum Gasteiger partial charge on any atom is -0.305 e. The van der Waals surface area contributed by atoms with E-state index in [9.17, 15) is 16.2 Å². The maximum Gasteiger partial charge on any atom is 0.138 e. The molecule has 0 bridgehead atoms. The third-order valence-corrected chi connectivity index (χ3v) is 12.3. The molecule has 2 aliphatic carbocycles. The smallest absolute Gasteiger partial charge is 0.138 e. The standard InChI is InChI=1S/C53H41N7/c1-34(35-18-6-2-7-19-35)57(51(54)36-20-8-3-9-21-36)43-30-32-45-49-47(43)39-26-14-16-28-41(39)58(49)46-33-31-44(48-40-27-15-17-29-42(40)59(45)50(46)48)60(52(55)37-22-10-4-11-23-37)53(56)38-24-12-5-13-25-38/h2-6,8-18,20-24,26-33,38,54-56H,1,7,19,25H2. The van der Waals surface area contributed by atoms with Crippen LogP contribution >= 0.6 is 0 Å². The molecule has 0 radical (unpaired) electrons. The fraction of sp³-hybridized carbons (Fsp3) is 0.0755. The van der Waals surface area contributed by atoms with Gasteiger partial charge in [0.1, 0.15) is 17.5 Å². The molecule has 0 spiro atoms. The average Bonchev–Trinajstić information content (AvgIpc) is 3.85. The van der Waals surface area contributed by atoms with Crippen molar-refractivity contribution in [2.75, 3.05) is 9.80 Å². The molecule has 0 saturated carbocycles. The minimum absolute atomic E-state index is 0.185. The number of hydrogen-bond acceptors (Lipinski definition) is 3. The van der Waals surface area contributed by atoms with Gasteiger partial charge in [0.15, 0.2) is 0 Å². The fourth-order valence-electron chi connectivity index (χ4n) is 9.52. The summed E-state index contributed by atoms with van der Waals surface area (Å²) in [5.74, 6) is 0.797. The monoisotopic (exact) mass is 775 g/mol. The number of para-hydroxylation sites is 2. The molecule has 0 aliphatic heterocycles. The number of hydrogen-bond donors (Lipinski definition) is 3. The second-order valence-electron chi connectivity index (χ2n) is 15.6. The molecule has 7 nitrogen and oxygen atoms in total. The van der Waals surface area contributed by atoms with Crippen LogP contribution in [0.2, 0.25) is 0 Å². The van der Waals surface area contributed by atoms with Crippen LogP contribution in [0.25, 0.3) is 54.6 Å². The van der Waals surface area contributed by atoms with Crippen LogP contribution in [0.3, 0.4) is 0 Å². The summed E-state index contributed by atoms with van der Waals surface area (Å²) in [5, 5.41) is 33.5. The Morgan fingerprint density at radius 1 is 0.550 bits per heavy atom. The van der Waals surface area contributed by atoms with E-state index >= 15 is 0 Å². The van der Waals surface area contributed by atoms with Crippen LogP contribution in [0.4, 0.5) is 11.4 Å². The summed E-state index contributed by atoms with van der Waals surface area (Å²) in [4.78, 5) is 3.90. The molecule has 0 fully saturated rings. The largest absolute Gasteiger partial charge is 0.305 e. The number of benzene rings is 6. The van der Waals surface area contributed by atoms with Crippen molar-refractivity contribution in [1.82, 2.24) is 8.80 Å². The third-order valence-electron chi connectivity index (χ3n) is 12.3. The first kappa shape index (κ1) is 35.4. The Balaban J connectivity index is 1.24. The van der Waals surface area contributed by atoms with Gasteiger partial charge < -0.3 is 8.80 Å². The minimum atomic E-state index is -0.185. The second kappa shape index (κ2) is 14.0. The van der Waals surface area contributed by atoms with Gasteiger partial charge in [-0.3, -0.25) is 26.0 Å². The quantitative estimate of drug-likeness (QED) is 0.0855. The first-order valence-electron chi connectivity index (χ1n) is 20.5. The van der Waals surface area contributed by atoms with Crippen molar-refractivity contribution >= 4 is 83.5 Å². The number of fused-ring (bicyclic) bond motifs is 8. The zero-order chi connectivity index (χ0) is 40.5. The zero-order valence-corrected chi connectivity index (χ0v) is 32.9. The number of nitrogens with zero attached hydrogens (tertiary/aromatic N) is 4. The Labute approximate surface area is 347 Å². The molecule has 60 heavy (non-hydrogen) atoms. The molecule has 1 atom stereocenters. The third kappa shape index (κ3) is 5.25. The highest BCUT2D eigenvalue weighted by molar-refractivity contribution is 6.32. The molecule has 3 heterocycles. The van der Waals surface area contributed by atoms with E-state index in [1.807, 2.05) is 82.6 Å². The van der Waals surface area contributed by atoms with E-state index < -0.39 is 0 Å². The number of nitrogens with one attached hydrogen (secondary N) is 3. The van der Waals surface area contributed by atoms with Gasteiger partial charge in [0.05, 0.1) is 44.5 Å². The molecule has 9 aromatic rings. The lowest BCUT2D eigenvalue weighted by molar-refractivity contribution is 0.848. The predicted molar refractivity (Wildman–Crippen MR) is 251 cm³/mol. The molecule has 3 aromatic heterocycles. The summed E-state index contributed by atoms with van der Waals surface area (Å²) in [6.45, 7) is 4.69. The lowest BCUT2D eigenvalue weighted by Crippen LogP contribution is -2.40. The molecule has 7 heteroatoms. The molecule has 11 rings (SSSR count). The van der Waals surface area contributed by atoms with E-state index in [1.165, 1.54) is 0 Å². The molecule has 2 aliphatic rings. The number of amidine groups is 3. The Morgan fingerprint density at radius 3 is 1.62 bits per heavy atom. The van der Waals surface area contributed by atoms with Gasteiger partial charge in [-0.25, -0.2) is 0 Å². The van der Waals surface area contributed by atoms with Crippen LogP contribution in [0.1, 0.15) is 30.4 Å². The predicted octanol–water partition coefficient (Wildman–Crippen LogP) is 12.8. The van der Waals surface area contributed by atoms with Crippen molar-refractivity contribution in [3.8, 4) is 0 Å². The number of aromatic nitrogens is 2. The van der Waals surface area contributed by atoms with Crippen LogP contribution in [-0.2, 0) is 0 Å². The first-order valence-corrected chi connectivity index (χ1v) is 20.5. The van der Waals surface area contributed by atoms with Gasteiger partial charge >= 0.3 is 0 Å². The van der Waals surface area contributed by atoms with Crippen molar-refractivity contribution in [1.29, 1.82) is 16.2 Å². The summed E-state index contributed by atoms with van der Waals surface area (Å²) < 4.78 is 4.76. The van der Waals surface area contributed by atoms with Crippen molar-refractivity contribution in [2.24, 2.45) is 5.92 Å². The van der Waals surface area contributed by atoms with Gasteiger partial charge in [-0.05, 0) is 61.2 Å². The van der Waals surface area contributed by atoms with Crippen molar-refractivity contribution in [3.05, 3.63) is 205 Å². The average molecular weight is 776 g/mol. The summed E-state index contributed by atoms with van der Waals surface area (Å²) in [6, 6.07) is 45.4. The molecule has 288 valence electrons. The second-order valence-corrected chi connectivity index (χ2v) is 15.6. The van der Waals surface area contributed by atoms with Crippen LogP contribution in [0, 0.1) is 22.1 Å². The van der Waals surface area contributed by atoms with E-state index in [1.54, 1.807) is 0 Å². The van der Waals surface area contributed by atoms with Crippen molar-refractivity contribution in [2.45, 2.75) is 19.3 Å². The summed E-state index contributed by atoms with van der Waals surface area (Å²) in [6.07, 6.45) is 17.1. The Bertz CT molecular complexity index is 3380. The Kier molecular flexibility index (Phi) is 8.23. The van der Waals surface area contributed by atoms with Gasteiger partial charge in [0, 0.05) is 44.3 Å². The van der Waals surface area contributed by atoms with Crippen molar-refractivity contribution < 1.29 is 0 Å². The molecular formula is C53H41N7. The van der Waals surface area contributed by atoms with Gasteiger partial charge in [-0.1, -0.05) is 146 Å². The Morgan fingerprint density at radius 2 is 1.08 bits per heavy atom. The van der Waals surface area contributed by atoms with Gasteiger partial charge in [0.25, 0.3) is 0 Å². The number of allylic oxidation sites excluding steroid dienone is 7. The van der Waals surface area contributed by atoms with Gasteiger partial charge in [-0.15, -0.1) is 0 Å². The summed E-state index contributed by atoms with van der Waals surface area (Å²) >= 11 is 0. The summed E-state index contributed by atoms with van der Waals surface area (Å²) in [7, 11) is 0. The van der Waals surface area contributed by atoms with E-state index in [0.29, 0.717) is 18.1 Å². The highest BCUT2D eigenvalue weighted by atomic mass is 15.2. The van der Waals surface area contributed by atoms with Crippen LogP contribution in [0.15, 0.2) is 194 Å². The SMILES string of the molecule is C=C(C1=CC=CCC1)N(C(=N)c1ccccc1)c1ccc2c3c1c1ccccc1n3c1ccc(N(C(=N)c3ccccc3)C(=N)C3C=CC=CC3)c3c4ccccc4n2c31. The topological polar surface area (TPSA) is 86.8 Å².